The molecule has 0 spiro atoms. The molecule has 1 heterocycles. The number of esters is 1. The van der Waals surface area contributed by atoms with Gasteiger partial charge in [0.15, 0.2) is 0 Å². The molecular weight excluding hydrogens is 561 g/mol. The van der Waals surface area contributed by atoms with Gasteiger partial charge in [0.2, 0.25) is 5.91 Å². The molecule has 3 aromatic rings. The maximum Gasteiger partial charge on any atom is 0.475 e. The zero-order valence-electron chi connectivity index (χ0n) is 25.6. The van der Waals surface area contributed by atoms with Crippen LogP contribution in [0.1, 0.15) is 55.2 Å². The van der Waals surface area contributed by atoms with Gasteiger partial charge in [-0.05, 0) is 23.5 Å². The highest BCUT2D eigenvalue weighted by Crippen LogP contribution is 2.17. The molecule has 3 rings (SSSR count). The van der Waals surface area contributed by atoms with Gasteiger partial charge in [0.1, 0.15) is 11.7 Å². The Kier molecular flexibility index (Phi) is 13.5. The van der Waals surface area contributed by atoms with E-state index in [1.807, 2.05) is 74.5 Å². The van der Waals surface area contributed by atoms with E-state index in [9.17, 15) is 19.2 Å². The van der Waals surface area contributed by atoms with Crippen molar-refractivity contribution in [1.82, 2.24) is 25.4 Å². The van der Waals surface area contributed by atoms with E-state index < -0.39 is 42.8 Å². The van der Waals surface area contributed by atoms with E-state index in [4.69, 9.17) is 9.39 Å². The summed E-state index contributed by atoms with van der Waals surface area (Å²) in [5.74, 6) is -2.71. The minimum absolute atomic E-state index is 0.0685. The van der Waals surface area contributed by atoms with Crippen molar-refractivity contribution in [3.05, 3.63) is 96.1 Å². The first-order valence-electron chi connectivity index (χ1n) is 14.7. The van der Waals surface area contributed by atoms with Gasteiger partial charge in [0.25, 0.3) is 11.9 Å². The standard InChI is InChI=1S/C32H40BN5O6/c1-5-29(39)44-33(38(22-30(40)43-4)21-25-14-10-7-11-15-25)28(18-23(2)3)37-31(41)26(19-24-12-8-6-9-13-24)36-32(42)27-20-34-16-17-35-27/h6-17,20,23,26,28H,5,18-19,21-22H2,1-4H3,(H,36,42)(H,37,41)/t26-,28-/m0/s1. The predicted octanol–water partition coefficient (Wildman–Crippen LogP) is 3.00. The molecule has 0 unspecified atom stereocenters. The van der Waals surface area contributed by atoms with Crippen molar-refractivity contribution in [2.75, 3.05) is 13.7 Å². The van der Waals surface area contributed by atoms with Crippen molar-refractivity contribution in [1.29, 1.82) is 0 Å². The minimum atomic E-state index is -1.01. The summed E-state index contributed by atoms with van der Waals surface area (Å²) in [6.07, 6.45) is 4.88. The fourth-order valence-electron chi connectivity index (χ4n) is 4.66. The Morgan fingerprint density at radius 2 is 1.57 bits per heavy atom. The Bertz CT molecular complexity index is 1350. The molecule has 0 aliphatic rings. The van der Waals surface area contributed by atoms with E-state index in [2.05, 4.69) is 20.6 Å². The van der Waals surface area contributed by atoms with Crippen LogP contribution in [-0.4, -0.2) is 71.2 Å². The van der Waals surface area contributed by atoms with E-state index >= 15 is 0 Å². The van der Waals surface area contributed by atoms with Gasteiger partial charge in [-0.3, -0.25) is 29.0 Å². The van der Waals surface area contributed by atoms with Gasteiger partial charge in [-0.25, -0.2) is 4.98 Å². The Balaban J connectivity index is 1.97. The van der Waals surface area contributed by atoms with Gasteiger partial charge < -0.3 is 20.0 Å². The molecule has 2 amide bonds. The summed E-state index contributed by atoms with van der Waals surface area (Å²) in [4.78, 5) is 62.1. The van der Waals surface area contributed by atoms with Crippen molar-refractivity contribution >= 4 is 30.8 Å². The van der Waals surface area contributed by atoms with Crippen molar-refractivity contribution < 1.29 is 28.6 Å². The van der Waals surface area contributed by atoms with Crippen molar-refractivity contribution in [3.63, 3.8) is 0 Å². The molecule has 11 nitrogen and oxygen atoms in total. The molecule has 0 saturated heterocycles. The molecule has 2 N–H and O–H groups in total. The summed E-state index contributed by atoms with van der Waals surface area (Å²) < 4.78 is 10.9. The fourth-order valence-corrected chi connectivity index (χ4v) is 4.66. The second-order valence-electron chi connectivity index (χ2n) is 10.8. The number of rotatable bonds is 16. The zero-order valence-corrected chi connectivity index (χ0v) is 25.6. The van der Waals surface area contributed by atoms with Crippen LogP contribution in [0.25, 0.3) is 0 Å². The maximum atomic E-state index is 14.0. The van der Waals surface area contributed by atoms with E-state index in [0.717, 1.165) is 11.1 Å². The quantitative estimate of drug-likeness (QED) is 0.187. The smallest absolute Gasteiger partial charge is 0.475 e. The molecule has 2 aromatic carbocycles. The van der Waals surface area contributed by atoms with Gasteiger partial charge in [-0.15, -0.1) is 0 Å². The normalized spacial score (nSPS) is 12.2. The molecule has 232 valence electrons. The minimum Gasteiger partial charge on any atom is -0.518 e. The van der Waals surface area contributed by atoms with Crippen LogP contribution in [-0.2, 0) is 36.7 Å². The van der Waals surface area contributed by atoms with Crippen LogP contribution in [0.2, 0.25) is 0 Å². The Morgan fingerprint density at radius 3 is 2.14 bits per heavy atom. The number of methoxy groups -OCH3 is 1. The molecule has 0 saturated carbocycles. The lowest BCUT2D eigenvalue weighted by atomic mass is 9.66. The first-order chi connectivity index (χ1) is 21.2. The van der Waals surface area contributed by atoms with Crippen LogP contribution in [0.4, 0.5) is 0 Å². The summed E-state index contributed by atoms with van der Waals surface area (Å²) >= 11 is 0. The Labute approximate surface area is 258 Å². The summed E-state index contributed by atoms with van der Waals surface area (Å²) in [6.45, 7) is 5.70. The van der Waals surface area contributed by atoms with Crippen LogP contribution in [0.3, 0.4) is 0 Å². The number of hydrogen-bond donors (Lipinski definition) is 2. The largest absolute Gasteiger partial charge is 0.518 e. The number of hydrogen-bond acceptors (Lipinski definition) is 9. The maximum absolute atomic E-state index is 14.0. The molecule has 1 aromatic heterocycles. The first-order valence-corrected chi connectivity index (χ1v) is 14.7. The first kappa shape index (κ1) is 33.9. The number of nitrogens with one attached hydrogen (secondary N) is 2. The average molecular weight is 602 g/mol. The monoisotopic (exact) mass is 601 g/mol. The summed E-state index contributed by atoms with van der Waals surface area (Å²) in [6, 6.07) is 17.7. The van der Waals surface area contributed by atoms with Crippen LogP contribution in [0.15, 0.2) is 79.3 Å². The number of ether oxygens (including phenoxy) is 1. The molecule has 44 heavy (non-hydrogen) atoms. The summed E-state index contributed by atoms with van der Waals surface area (Å²) in [5, 5.41) is 5.84. The summed E-state index contributed by atoms with van der Waals surface area (Å²) in [7, 11) is 0.276. The van der Waals surface area contributed by atoms with E-state index in [1.54, 1.807) is 11.7 Å². The number of nitrogens with zero attached hydrogens (tertiary/aromatic N) is 3. The molecule has 0 bridgehead atoms. The third-order valence-electron chi connectivity index (χ3n) is 6.79. The third-order valence-corrected chi connectivity index (χ3v) is 6.79. The van der Waals surface area contributed by atoms with Crippen LogP contribution < -0.4 is 10.6 Å². The lowest BCUT2D eigenvalue weighted by Gasteiger charge is -2.34. The van der Waals surface area contributed by atoms with Crippen LogP contribution in [0.5, 0.6) is 0 Å². The highest BCUT2D eigenvalue weighted by atomic mass is 16.5. The second-order valence-corrected chi connectivity index (χ2v) is 10.8. The topological polar surface area (TPSA) is 140 Å². The second kappa shape index (κ2) is 17.5. The fraction of sp³-hybridized carbons (Fsp3) is 0.375. The van der Waals surface area contributed by atoms with Crippen molar-refractivity contribution in [2.45, 2.75) is 58.6 Å². The Morgan fingerprint density at radius 1 is 0.909 bits per heavy atom. The SMILES string of the molecule is CCC(=O)OB([C@H](CC(C)C)NC(=O)[C@H](Cc1ccccc1)NC(=O)c1cnccn1)N(CC(=O)OC)Cc1ccccc1. The number of carbonyl (C=O) groups is 4. The zero-order chi connectivity index (χ0) is 31.9. The lowest BCUT2D eigenvalue weighted by molar-refractivity contribution is -0.142. The number of benzene rings is 2. The van der Waals surface area contributed by atoms with Gasteiger partial charge in [-0.2, -0.15) is 0 Å². The highest BCUT2D eigenvalue weighted by Gasteiger charge is 2.41. The van der Waals surface area contributed by atoms with Gasteiger partial charge in [-0.1, -0.05) is 81.4 Å². The van der Waals surface area contributed by atoms with Crippen molar-refractivity contribution in [3.8, 4) is 0 Å². The molecule has 0 aliphatic heterocycles. The number of amides is 2. The summed E-state index contributed by atoms with van der Waals surface area (Å²) in [5.41, 5.74) is 1.78. The molecular formula is C32H40BN5O6. The molecule has 12 heteroatoms. The van der Waals surface area contributed by atoms with E-state index in [1.165, 1.54) is 25.7 Å². The molecule has 0 radical (unpaired) electrons. The van der Waals surface area contributed by atoms with Crippen molar-refractivity contribution in [2.24, 2.45) is 5.92 Å². The molecule has 2 atom stereocenters. The Hall–Kier alpha value is -4.58. The third kappa shape index (κ3) is 10.9. The average Bonchev–Trinajstić information content (AvgIpc) is 3.03. The number of aromatic nitrogens is 2. The van der Waals surface area contributed by atoms with Crippen LogP contribution in [0, 0.1) is 5.92 Å². The van der Waals surface area contributed by atoms with Gasteiger partial charge in [0, 0.05) is 31.8 Å². The molecule has 0 aliphatic carbocycles. The van der Waals surface area contributed by atoms with Gasteiger partial charge >= 0.3 is 13.0 Å². The molecule has 0 fully saturated rings. The van der Waals surface area contributed by atoms with E-state index in [-0.39, 0.29) is 37.5 Å². The predicted molar refractivity (Wildman–Crippen MR) is 166 cm³/mol. The number of carbonyl (C=O) groups excluding carboxylic acids is 4. The highest BCUT2D eigenvalue weighted by molar-refractivity contribution is 6.53. The van der Waals surface area contributed by atoms with Crippen LogP contribution >= 0.6 is 0 Å². The lowest BCUT2D eigenvalue weighted by Crippen LogP contribution is -2.61. The van der Waals surface area contributed by atoms with Gasteiger partial charge in [0.05, 0.1) is 25.8 Å². The van der Waals surface area contributed by atoms with E-state index in [0.29, 0.717) is 6.42 Å².